The number of aromatic nitrogens is 2. The molecule has 25 heavy (non-hydrogen) atoms. The lowest BCUT2D eigenvalue weighted by Crippen LogP contribution is -2.32. The van der Waals surface area contributed by atoms with Crippen LogP contribution in [0.3, 0.4) is 0 Å². The maximum absolute atomic E-state index is 12.6. The van der Waals surface area contributed by atoms with Crippen LogP contribution in [0.2, 0.25) is 0 Å². The second-order valence-electron chi connectivity index (χ2n) is 5.79. The molecule has 3 aromatic rings. The molecule has 0 spiro atoms. The maximum Gasteiger partial charge on any atom is 0.320 e. The van der Waals surface area contributed by atoms with Gasteiger partial charge in [-0.15, -0.1) is 0 Å². The molecule has 3 rings (SSSR count). The lowest BCUT2D eigenvalue weighted by atomic mass is 10.0. The maximum atomic E-state index is 12.6. The molecule has 8 heteroatoms. The number of para-hydroxylation sites is 2. The van der Waals surface area contributed by atoms with Crippen LogP contribution >= 0.6 is 0 Å². The van der Waals surface area contributed by atoms with Crippen LogP contribution in [0.15, 0.2) is 53.7 Å². The van der Waals surface area contributed by atoms with Crippen molar-refractivity contribution in [3.63, 3.8) is 0 Å². The van der Waals surface area contributed by atoms with Crippen LogP contribution in [-0.4, -0.2) is 35.5 Å². The molecule has 130 valence electrons. The van der Waals surface area contributed by atoms with Crippen LogP contribution in [0, 0.1) is 0 Å². The number of carboxylic acids is 1. The number of nitrogens with two attached hydrogens (primary N) is 1. The minimum atomic E-state index is -3.65. The Kier molecular flexibility index (Phi) is 4.56. The second-order valence-corrected chi connectivity index (χ2v) is 7.69. The molecular formula is C17H17N3O4S. The zero-order valence-corrected chi connectivity index (χ0v) is 14.0. The zero-order chi connectivity index (χ0) is 18.0. The molecule has 0 aliphatic rings. The van der Waals surface area contributed by atoms with Gasteiger partial charge in [0.15, 0.2) is 0 Å². The Bertz CT molecular complexity index is 994. The Balaban J connectivity index is 1.84. The lowest BCUT2D eigenvalue weighted by molar-refractivity contribution is -0.138. The van der Waals surface area contributed by atoms with E-state index >= 15 is 0 Å². The summed E-state index contributed by atoms with van der Waals surface area (Å²) in [4.78, 5) is 17.8. The zero-order valence-electron chi connectivity index (χ0n) is 13.2. The SMILES string of the molecule is N[C@@H](Cc1cccc(CS(=O)(=O)c2nc3ccccc3[nH]2)c1)C(=O)O. The van der Waals surface area contributed by atoms with Gasteiger partial charge in [0.05, 0.1) is 16.8 Å². The highest BCUT2D eigenvalue weighted by Crippen LogP contribution is 2.19. The number of hydrogen-bond acceptors (Lipinski definition) is 5. The van der Waals surface area contributed by atoms with Crippen molar-refractivity contribution in [1.29, 1.82) is 0 Å². The molecule has 0 aliphatic carbocycles. The summed E-state index contributed by atoms with van der Waals surface area (Å²) in [5, 5.41) is 8.80. The molecule has 0 radical (unpaired) electrons. The van der Waals surface area contributed by atoms with Crippen LogP contribution in [0.5, 0.6) is 0 Å². The van der Waals surface area contributed by atoms with E-state index in [4.69, 9.17) is 10.8 Å². The fourth-order valence-electron chi connectivity index (χ4n) is 2.55. The van der Waals surface area contributed by atoms with E-state index in [1.165, 1.54) is 0 Å². The van der Waals surface area contributed by atoms with Gasteiger partial charge in [-0.05, 0) is 29.7 Å². The van der Waals surface area contributed by atoms with Crippen molar-refractivity contribution in [2.75, 3.05) is 0 Å². The summed E-state index contributed by atoms with van der Waals surface area (Å²) in [5.41, 5.74) is 7.99. The quantitative estimate of drug-likeness (QED) is 0.612. The summed E-state index contributed by atoms with van der Waals surface area (Å²) in [6.45, 7) is 0. The summed E-state index contributed by atoms with van der Waals surface area (Å²) < 4.78 is 25.2. The molecular weight excluding hydrogens is 342 g/mol. The standard InChI is InChI=1S/C17H17N3O4S/c18-13(16(21)22)9-11-4-3-5-12(8-11)10-25(23,24)17-19-14-6-1-2-7-15(14)20-17/h1-8,13H,9-10,18H2,(H,19,20)(H,21,22)/t13-/m0/s1. The van der Waals surface area contributed by atoms with Crippen molar-refractivity contribution in [3.05, 3.63) is 59.7 Å². The predicted octanol–water partition coefficient (Wildman–Crippen LogP) is 1.49. The number of sulfone groups is 1. The van der Waals surface area contributed by atoms with E-state index in [9.17, 15) is 13.2 Å². The lowest BCUT2D eigenvalue weighted by Gasteiger charge is -2.08. The minimum absolute atomic E-state index is 0.0821. The number of fused-ring (bicyclic) bond motifs is 1. The van der Waals surface area contributed by atoms with Crippen LogP contribution in [0.4, 0.5) is 0 Å². The van der Waals surface area contributed by atoms with Crippen LogP contribution in [0.25, 0.3) is 11.0 Å². The number of carboxylic acid groups (broad SMARTS) is 1. The van der Waals surface area contributed by atoms with E-state index in [2.05, 4.69) is 9.97 Å². The molecule has 0 unspecified atom stereocenters. The molecule has 0 aliphatic heterocycles. The Morgan fingerprint density at radius 3 is 2.60 bits per heavy atom. The smallest absolute Gasteiger partial charge is 0.320 e. The molecule has 0 bridgehead atoms. The Labute approximate surface area is 144 Å². The third-order valence-corrected chi connectivity index (χ3v) is 5.28. The van der Waals surface area contributed by atoms with E-state index < -0.39 is 21.8 Å². The van der Waals surface area contributed by atoms with E-state index in [1.807, 2.05) is 0 Å². The van der Waals surface area contributed by atoms with E-state index in [0.29, 0.717) is 22.2 Å². The number of H-pyrrole nitrogens is 1. The number of benzene rings is 2. The minimum Gasteiger partial charge on any atom is -0.480 e. The summed E-state index contributed by atoms with van der Waals surface area (Å²) in [5.74, 6) is -1.33. The highest BCUT2D eigenvalue weighted by atomic mass is 32.2. The van der Waals surface area contributed by atoms with Crippen LogP contribution in [0.1, 0.15) is 11.1 Å². The molecule has 4 N–H and O–H groups in total. The van der Waals surface area contributed by atoms with Crippen molar-refractivity contribution in [1.82, 2.24) is 9.97 Å². The fourth-order valence-corrected chi connectivity index (χ4v) is 3.81. The highest BCUT2D eigenvalue weighted by molar-refractivity contribution is 7.90. The molecule has 7 nitrogen and oxygen atoms in total. The van der Waals surface area contributed by atoms with Gasteiger partial charge in [0, 0.05) is 0 Å². The number of nitrogens with zero attached hydrogens (tertiary/aromatic N) is 1. The Morgan fingerprint density at radius 1 is 1.16 bits per heavy atom. The average Bonchev–Trinajstić information content (AvgIpc) is 2.99. The number of rotatable bonds is 6. The third-order valence-electron chi connectivity index (χ3n) is 3.78. The van der Waals surface area contributed by atoms with E-state index in [0.717, 1.165) is 0 Å². The molecule has 0 saturated carbocycles. The van der Waals surface area contributed by atoms with Gasteiger partial charge < -0.3 is 15.8 Å². The van der Waals surface area contributed by atoms with Crippen LogP contribution in [-0.2, 0) is 26.8 Å². The van der Waals surface area contributed by atoms with E-state index in [1.54, 1.807) is 48.5 Å². The second kappa shape index (κ2) is 6.66. The highest BCUT2D eigenvalue weighted by Gasteiger charge is 2.20. The van der Waals surface area contributed by atoms with Crippen LogP contribution < -0.4 is 5.73 Å². The first kappa shape index (κ1) is 17.1. The number of carbonyl (C=O) groups is 1. The third kappa shape index (κ3) is 3.86. The molecule has 1 heterocycles. The normalized spacial score (nSPS) is 13.0. The monoisotopic (exact) mass is 359 g/mol. The molecule has 1 atom stereocenters. The summed E-state index contributed by atoms with van der Waals surface area (Å²) in [7, 11) is -3.65. The van der Waals surface area contributed by atoms with Gasteiger partial charge in [-0.3, -0.25) is 4.79 Å². The number of aromatic amines is 1. The molecule has 0 fully saturated rings. The van der Waals surface area contributed by atoms with Gasteiger partial charge in [-0.2, -0.15) is 0 Å². The number of aliphatic carboxylic acids is 1. The first-order valence-electron chi connectivity index (χ1n) is 7.59. The van der Waals surface area contributed by atoms with Gasteiger partial charge in [-0.25, -0.2) is 13.4 Å². The number of nitrogens with one attached hydrogen (secondary N) is 1. The average molecular weight is 359 g/mol. The topological polar surface area (TPSA) is 126 Å². The first-order chi connectivity index (χ1) is 11.8. The predicted molar refractivity (Wildman–Crippen MR) is 92.7 cm³/mol. The van der Waals surface area contributed by atoms with Crippen molar-refractivity contribution in [2.45, 2.75) is 23.4 Å². The van der Waals surface area contributed by atoms with Crippen molar-refractivity contribution in [2.24, 2.45) is 5.73 Å². The van der Waals surface area contributed by atoms with Gasteiger partial charge in [-0.1, -0.05) is 36.4 Å². The molecule has 0 amide bonds. The molecule has 0 saturated heterocycles. The Morgan fingerprint density at radius 2 is 1.88 bits per heavy atom. The van der Waals surface area contributed by atoms with Gasteiger partial charge in [0.25, 0.3) is 0 Å². The Hall–Kier alpha value is -2.71. The number of imidazole rings is 1. The molecule has 1 aromatic heterocycles. The number of hydrogen-bond donors (Lipinski definition) is 3. The van der Waals surface area contributed by atoms with E-state index in [-0.39, 0.29) is 17.3 Å². The van der Waals surface area contributed by atoms with Gasteiger partial charge in [0.2, 0.25) is 15.0 Å². The van der Waals surface area contributed by atoms with Gasteiger partial charge in [0.1, 0.15) is 6.04 Å². The van der Waals surface area contributed by atoms with Crippen molar-refractivity contribution < 1.29 is 18.3 Å². The largest absolute Gasteiger partial charge is 0.480 e. The summed E-state index contributed by atoms with van der Waals surface area (Å²) in [6, 6.07) is 12.8. The summed E-state index contributed by atoms with van der Waals surface area (Å²) >= 11 is 0. The summed E-state index contributed by atoms with van der Waals surface area (Å²) in [6.07, 6.45) is 0.133. The fraction of sp³-hybridized carbons (Fsp3) is 0.176. The van der Waals surface area contributed by atoms with Gasteiger partial charge >= 0.3 is 5.97 Å². The van der Waals surface area contributed by atoms with Crippen molar-refractivity contribution in [3.8, 4) is 0 Å². The molecule has 2 aromatic carbocycles. The first-order valence-corrected chi connectivity index (χ1v) is 9.24. The van der Waals surface area contributed by atoms with Crippen molar-refractivity contribution >= 4 is 26.8 Å².